The van der Waals surface area contributed by atoms with Crippen molar-refractivity contribution in [2.45, 2.75) is 43.0 Å². The van der Waals surface area contributed by atoms with Gasteiger partial charge in [0, 0.05) is 12.7 Å². The second-order valence-electron chi connectivity index (χ2n) is 5.75. The zero-order valence-corrected chi connectivity index (χ0v) is 12.4. The van der Waals surface area contributed by atoms with Gasteiger partial charge in [0.25, 0.3) is 0 Å². The van der Waals surface area contributed by atoms with Crippen molar-refractivity contribution < 1.29 is 23.1 Å². The van der Waals surface area contributed by atoms with Gasteiger partial charge in [-0.1, -0.05) is 0 Å². The van der Waals surface area contributed by atoms with Crippen LogP contribution in [0.25, 0.3) is 0 Å². The maximum atomic E-state index is 12.7. The summed E-state index contributed by atoms with van der Waals surface area (Å²) >= 11 is 0. The molecule has 0 spiro atoms. The van der Waals surface area contributed by atoms with Gasteiger partial charge in [0.05, 0.1) is 18.4 Å². The van der Waals surface area contributed by atoms with E-state index >= 15 is 0 Å². The lowest BCUT2D eigenvalue weighted by molar-refractivity contribution is -0.157. The molecule has 2 aliphatic heterocycles. The lowest BCUT2D eigenvalue weighted by Gasteiger charge is -2.35. The number of carboxylic acids is 1. The Morgan fingerprint density at radius 1 is 1.57 bits per heavy atom. The molecule has 3 heterocycles. The molecule has 1 aromatic heterocycles. The lowest BCUT2D eigenvalue weighted by atomic mass is 9.96. The zero-order valence-electron chi connectivity index (χ0n) is 11.6. The van der Waals surface area contributed by atoms with Gasteiger partial charge in [-0.3, -0.25) is 4.79 Å². The summed E-state index contributed by atoms with van der Waals surface area (Å²) in [5.41, 5.74) is 0.709. The number of aromatic nitrogens is 2. The second-order valence-corrected chi connectivity index (χ2v) is 8.31. The summed E-state index contributed by atoms with van der Waals surface area (Å²) in [7, 11) is -3.77. The molecule has 0 aliphatic carbocycles. The minimum Gasteiger partial charge on any atom is -0.480 e. The number of sulfone groups is 1. The highest BCUT2D eigenvalue weighted by atomic mass is 32.2. The predicted molar refractivity (Wildman–Crippen MR) is 71.0 cm³/mol. The summed E-state index contributed by atoms with van der Waals surface area (Å²) in [6.45, 7) is 3.10. The van der Waals surface area contributed by atoms with E-state index in [9.17, 15) is 23.1 Å². The van der Waals surface area contributed by atoms with Gasteiger partial charge >= 0.3 is 5.97 Å². The first kappa shape index (κ1) is 14.1. The number of amides is 1. The van der Waals surface area contributed by atoms with Crippen LogP contribution in [0, 0.1) is 6.92 Å². The molecule has 2 saturated heterocycles. The minimum atomic E-state index is -3.77. The van der Waals surface area contributed by atoms with Gasteiger partial charge in [-0.2, -0.15) is 0 Å². The third-order valence-corrected chi connectivity index (χ3v) is 7.07. The van der Waals surface area contributed by atoms with E-state index in [1.165, 1.54) is 13.3 Å². The fourth-order valence-electron chi connectivity index (χ4n) is 3.21. The van der Waals surface area contributed by atoms with Gasteiger partial charge in [-0.15, -0.1) is 0 Å². The molecule has 1 N–H and O–H groups in total. The Balaban J connectivity index is 2.08. The molecule has 3 rings (SSSR count). The van der Waals surface area contributed by atoms with Crippen LogP contribution >= 0.6 is 0 Å². The standard InChI is InChI=1S/C12H15N3O5S/c1-7-4-14(6-13-7)5-12(2)10(11(17)18)15-8(16)3-9(15)21(12,19)20/h4,6,9-10H,3,5H2,1-2H3,(H,17,18)/t9?,10?,12-/m0/s1. The Bertz CT molecular complexity index is 740. The SMILES string of the molecule is Cc1cn(C[C@@]2(C)C(C(=O)O)N3C(=O)CC3S2(=O)=O)cn1. The van der Waals surface area contributed by atoms with Crippen LogP contribution in [0.5, 0.6) is 0 Å². The van der Waals surface area contributed by atoms with Gasteiger partial charge in [0.2, 0.25) is 5.91 Å². The molecule has 114 valence electrons. The highest BCUT2D eigenvalue weighted by Gasteiger charge is 2.69. The molecule has 8 nitrogen and oxygen atoms in total. The first-order chi connectivity index (χ1) is 9.68. The van der Waals surface area contributed by atoms with Crippen LogP contribution in [0.15, 0.2) is 12.5 Å². The van der Waals surface area contributed by atoms with Crippen molar-refractivity contribution in [3.05, 3.63) is 18.2 Å². The van der Waals surface area contributed by atoms with Crippen LogP contribution in [0.2, 0.25) is 0 Å². The molecular formula is C12H15N3O5S. The van der Waals surface area contributed by atoms with Gasteiger partial charge < -0.3 is 14.6 Å². The Hall–Kier alpha value is -1.90. The van der Waals surface area contributed by atoms with Crippen LogP contribution in [0.4, 0.5) is 0 Å². The summed E-state index contributed by atoms with van der Waals surface area (Å²) in [5.74, 6) is -1.73. The Kier molecular flexibility index (Phi) is 2.72. The van der Waals surface area contributed by atoms with E-state index in [-0.39, 0.29) is 13.0 Å². The maximum absolute atomic E-state index is 12.7. The summed E-state index contributed by atoms with van der Waals surface area (Å²) in [5, 5.41) is 8.41. The normalized spacial score (nSPS) is 33.6. The molecule has 9 heteroatoms. The number of aliphatic carboxylic acids is 1. The molecule has 3 atom stereocenters. The van der Waals surface area contributed by atoms with E-state index < -0.39 is 37.9 Å². The number of hydrogen-bond acceptors (Lipinski definition) is 5. The highest BCUT2D eigenvalue weighted by molar-refractivity contribution is 7.93. The van der Waals surface area contributed by atoms with E-state index in [2.05, 4.69) is 4.98 Å². The number of aryl methyl sites for hydroxylation is 1. The molecule has 1 aromatic rings. The quantitative estimate of drug-likeness (QED) is 0.746. The lowest BCUT2D eigenvalue weighted by Crippen LogP contribution is -2.58. The van der Waals surface area contributed by atoms with Crippen LogP contribution < -0.4 is 0 Å². The molecule has 1 amide bonds. The Morgan fingerprint density at radius 3 is 2.71 bits per heavy atom. The molecule has 21 heavy (non-hydrogen) atoms. The van der Waals surface area contributed by atoms with Crippen molar-refractivity contribution in [3.63, 3.8) is 0 Å². The summed E-state index contributed by atoms with van der Waals surface area (Å²) in [6.07, 6.45) is 2.98. The number of hydrogen-bond donors (Lipinski definition) is 1. The van der Waals surface area contributed by atoms with Crippen molar-refractivity contribution >= 4 is 21.7 Å². The van der Waals surface area contributed by atoms with Gasteiger partial charge in [-0.05, 0) is 13.8 Å². The predicted octanol–water partition coefficient (Wildman–Crippen LogP) is -0.610. The van der Waals surface area contributed by atoms with E-state index in [1.54, 1.807) is 17.7 Å². The van der Waals surface area contributed by atoms with E-state index in [0.717, 1.165) is 4.90 Å². The highest BCUT2D eigenvalue weighted by Crippen LogP contribution is 2.46. The Morgan fingerprint density at radius 2 is 2.24 bits per heavy atom. The second kappa shape index (κ2) is 4.06. The fourth-order valence-corrected chi connectivity index (χ4v) is 5.59. The van der Waals surface area contributed by atoms with Crippen LogP contribution in [-0.4, -0.2) is 56.0 Å². The number of carbonyl (C=O) groups is 2. The first-order valence-corrected chi connectivity index (χ1v) is 7.99. The van der Waals surface area contributed by atoms with Gasteiger partial charge in [-0.25, -0.2) is 18.2 Å². The topological polar surface area (TPSA) is 110 Å². The largest absolute Gasteiger partial charge is 0.480 e. The summed E-state index contributed by atoms with van der Waals surface area (Å²) in [4.78, 5) is 28.2. The van der Waals surface area contributed by atoms with E-state index in [1.807, 2.05) is 0 Å². The van der Waals surface area contributed by atoms with Crippen molar-refractivity contribution in [1.82, 2.24) is 14.5 Å². The molecule has 2 unspecified atom stereocenters. The van der Waals surface area contributed by atoms with E-state index in [0.29, 0.717) is 5.69 Å². The summed E-state index contributed by atoms with van der Waals surface area (Å²) < 4.78 is 25.3. The van der Waals surface area contributed by atoms with Crippen molar-refractivity contribution in [2.24, 2.45) is 0 Å². The maximum Gasteiger partial charge on any atom is 0.328 e. The number of nitrogens with zero attached hydrogens (tertiary/aromatic N) is 3. The molecule has 0 aromatic carbocycles. The van der Waals surface area contributed by atoms with Crippen LogP contribution in [-0.2, 0) is 26.0 Å². The number of fused-ring (bicyclic) bond motifs is 1. The average Bonchev–Trinajstić information content (AvgIpc) is 2.81. The average molecular weight is 313 g/mol. The van der Waals surface area contributed by atoms with Crippen molar-refractivity contribution in [3.8, 4) is 0 Å². The van der Waals surface area contributed by atoms with Crippen molar-refractivity contribution in [2.75, 3.05) is 0 Å². The third kappa shape index (κ3) is 1.66. The molecular weight excluding hydrogens is 298 g/mol. The number of imidazole rings is 1. The number of β-lactam (4-membered cyclic amide) rings is 1. The molecule has 2 aliphatic rings. The smallest absolute Gasteiger partial charge is 0.328 e. The first-order valence-electron chi connectivity index (χ1n) is 6.44. The number of carboxylic acid groups (broad SMARTS) is 1. The molecule has 0 bridgehead atoms. The van der Waals surface area contributed by atoms with Crippen molar-refractivity contribution in [1.29, 1.82) is 0 Å². The van der Waals surface area contributed by atoms with Gasteiger partial charge in [0.1, 0.15) is 10.1 Å². The Labute approximate surface area is 121 Å². The molecule has 0 saturated carbocycles. The third-order valence-electron chi connectivity index (χ3n) is 4.31. The molecule has 2 fully saturated rings. The minimum absolute atomic E-state index is 0.0482. The monoisotopic (exact) mass is 313 g/mol. The van der Waals surface area contributed by atoms with Gasteiger partial charge in [0.15, 0.2) is 15.9 Å². The molecule has 0 radical (unpaired) electrons. The summed E-state index contributed by atoms with van der Waals surface area (Å²) in [6, 6.07) is -1.36. The van der Waals surface area contributed by atoms with E-state index in [4.69, 9.17) is 0 Å². The number of carbonyl (C=O) groups excluding carboxylic acids is 1. The van der Waals surface area contributed by atoms with Crippen LogP contribution in [0.3, 0.4) is 0 Å². The fraction of sp³-hybridized carbons (Fsp3) is 0.583. The number of rotatable bonds is 3. The zero-order chi connectivity index (χ0) is 15.6. The van der Waals surface area contributed by atoms with Crippen LogP contribution in [0.1, 0.15) is 19.0 Å².